The van der Waals surface area contributed by atoms with Gasteiger partial charge in [-0.1, -0.05) is 12.1 Å². The number of methoxy groups -OCH3 is 2. The van der Waals surface area contributed by atoms with E-state index in [1.54, 1.807) is 26.4 Å². The van der Waals surface area contributed by atoms with Gasteiger partial charge in [0.15, 0.2) is 0 Å². The molecule has 0 atom stereocenters. The molecule has 0 unspecified atom stereocenters. The van der Waals surface area contributed by atoms with E-state index in [9.17, 15) is 9.90 Å². The third-order valence-corrected chi connectivity index (χ3v) is 4.10. The van der Waals surface area contributed by atoms with Gasteiger partial charge in [0.05, 0.1) is 19.8 Å². The van der Waals surface area contributed by atoms with Gasteiger partial charge in [0, 0.05) is 25.7 Å². The number of fused-ring (bicyclic) bond motifs is 1. The molecule has 0 saturated heterocycles. The molecule has 23 heavy (non-hydrogen) atoms. The highest BCUT2D eigenvalue weighted by molar-refractivity contribution is 5.90. The number of nitrogens with zero attached hydrogens (tertiary/aromatic N) is 1. The predicted molar refractivity (Wildman–Crippen MR) is 85.9 cm³/mol. The van der Waals surface area contributed by atoms with Crippen LogP contribution in [0.1, 0.15) is 27.0 Å². The molecule has 1 heterocycles. The molecule has 0 spiro atoms. The summed E-state index contributed by atoms with van der Waals surface area (Å²) in [4.78, 5) is 13.6. The Hall–Kier alpha value is -2.53. The van der Waals surface area contributed by atoms with E-state index in [0.717, 1.165) is 34.7 Å². The average Bonchev–Trinajstić information content (AvgIpc) is 2.96. The number of hydrogen-bond donors (Lipinski definition) is 1. The van der Waals surface area contributed by atoms with Crippen LogP contribution in [-0.4, -0.2) is 30.2 Å². The topological polar surface area (TPSA) is 59.0 Å². The standard InChI is InChI=1S/C18H19NO4/c1-22-14-6-12(7-15(8-14)23-2)9-19-10-13-4-3-5-16(18(20)21)17(13)11-19/h3-8H,9-11H2,1-2H3,(H,20,21). The van der Waals surface area contributed by atoms with Crippen LogP contribution in [-0.2, 0) is 19.6 Å². The number of benzene rings is 2. The predicted octanol–water partition coefficient (Wildman–Crippen LogP) is 2.92. The van der Waals surface area contributed by atoms with Gasteiger partial charge in [-0.15, -0.1) is 0 Å². The molecule has 1 aliphatic rings. The van der Waals surface area contributed by atoms with Crippen molar-refractivity contribution in [2.24, 2.45) is 0 Å². The second-order valence-corrected chi connectivity index (χ2v) is 5.61. The van der Waals surface area contributed by atoms with Crippen molar-refractivity contribution in [3.63, 3.8) is 0 Å². The summed E-state index contributed by atoms with van der Waals surface area (Å²) < 4.78 is 10.6. The Bertz CT molecular complexity index is 720. The van der Waals surface area contributed by atoms with Gasteiger partial charge in [0.1, 0.15) is 11.5 Å². The van der Waals surface area contributed by atoms with Crippen LogP contribution in [0, 0.1) is 0 Å². The van der Waals surface area contributed by atoms with Crippen LogP contribution in [0.2, 0.25) is 0 Å². The van der Waals surface area contributed by atoms with Crippen molar-refractivity contribution in [2.45, 2.75) is 19.6 Å². The lowest BCUT2D eigenvalue weighted by molar-refractivity contribution is 0.0695. The van der Waals surface area contributed by atoms with Gasteiger partial charge < -0.3 is 14.6 Å². The van der Waals surface area contributed by atoms with Crippen LogP contribution in [0.3, 0.4) is 0 Å². The van der Waals surface area contributed by atoms with E-state index >= 15 is 0 Å². The van der Waals surface area contributed by atoms with Gasteiger partial charge in [-0.25, -0.2) is 4.79 Å². The summed E-state index contributed by atoms with van der Waals surface area (Å²) in [5.74, 6) is 0.635. The second-order valence-electron chi connectivity index (χ2n) is 5.61. The highest BCUT2D eigenvalue weighted by atomic mass is 16.5. The third kappa shape index (κ3) is 3.14. The summed E-state index contributed by atoms with van der Waals surface area (Å²) in [5, 5.41) is 9.31. The molecule has 0 saturated carbocycles. The molecule has 120 valence electrons. The fraction of sp³-hybridized carbons (Fsp3) is 0.278. The smallest absolute Gasteiger partial charge is 0.336 e. The fourth-order valence-corrected chi connectivity index (χ4v) is 3.02. The number of hydrogen-bond acceptors (Lipinski definition) is 4. The fourth-order valence-electron chi connectivity index (χ4n) is 3.02. The summed E-state index contributed by atoms with van der Waals surface area (Å²) in [6, 6.07) is 11.3. The van der Waals surface area contributed by atoms with Crippen LogP contribution in [0.5, 0.6) is 11.5 Å². The molecule has 5 heteroatoms. The Balaban J connectivity index is 1.81. The highest BCUT2D eigenvalue weighted by Gasteiger charge is 2.24. The molecule has 2 aromatic carbocycles. The summed E-state index contributed by atoms with van der Waals surface area (Å²) in [7, 11) is 3.26. The maximum absolute atomic E-state index is 11.3. The summed E-state index contributed by atoms with van der Waals surface area (Å²) in [6.07, 6.45) is 0. The van der Waals surface area contributed by atoms with Gasteiger partial charge in [0.2, 0.25) is 0 Å². The van der Waals surface area contributed by atoms with Crippen molar-refractivity contribution in [3.8, 4) is 11.5 Å². The molecule has 2 aromatic rings. The lowest BCUT2D eigenvalue weighted by Gasteiger charge is -2.16. The lowest BCUT2D eigenvalue weighted by Crippen LogP contribution is -2.16. The minimum atomic E-state index is -0.869. The molecule has 0 amide bonds. The zero-order valence-electron chi connectivity index (χ0n) is 13.2. The van der Waals surface area contributed by atoms with E-state index in [1.807, 2.05) is 24.3 Å². The highest BCUT2D eigenvalue weighted by Crippen LogP contribution is 2.29. The average molecular weight is 313 g/mol. The summed E-state index contributed by atoms with van der Waals surface area (Å²) in [5.41, 5.74) is 3.47. The Morgan fingerprint density at radius 1 is 1.13 bits per heavy atom. The number of aromatic carboxylic acids is 1. The Morgan fingerprint density at radius 3 is 2.43 bits per heavy atom. The Kier molecular flexibility index (Phi) is 4.21. The summed E-state index contributed by atoms with van der Waals surface area (Å²) >= 11 is 0. The molecule has 0 aliphatic carbocycles. The minimum Gasteiger partial charge on any atom is -0.497 e. The van der Waals surface area contributed by atoms with E-state index in [2.05, 4.69) is 4.90 Å². The zero-order chi connectivity index (χ0) is 16.4. The van der Waals surface area contributed by atoms with Crippen LogP contribution in [0.4, 0.5) is 0 Å². The van der Waals surface area contributed by atoms with E-state index in [0.29, 0.717) is 18.7 Å². The maximum Gasteiger partial charge on any atom is 0.336 e. The van der Waals surface area contributed by atoms with Crippen molar-refractivity contribution in [2.75, 3.05) is 14.2 Å². The lowest BCUT2D eigenvalue weighted by atomic mass is 10.0. The number of carboxylic acid groups (broad SMARTS) is 1. The van der Waals surface area contributed by atoms with Crippen molar-refractivity contribution in [1.29, 1.82) is 0 Å². The Morgan fingerprint density at radius 2 is 1.83 bits per heavy atom. The van der Waals surface area contributed by atoms with Gasteiger partial charge in [0.25, 0.3) is 0 Å². The molecule has 0 aromatic heterocycles. The SMILES string of the molecule is COc1cc(CN2Cc3cccc(C(=O)O)c3C2)cc(OC)c1. The second kappa shape index (κ2) is 6.30. The molecular formula is C18H19NO4. The maximum atomic E-state index is 11.3. The van der Waals surface area contributed by atoms with Gasteiger partial charge in [-0.3, -0.25) is 4.90 Å². The Labute approximate surface area is 135 Å². The number of carbonyl (C=O) groups is 1. The van der Waals surface area contributed by atoms with Crippen LogP contribution in [0.15, 0.2) is 36.4 Å². The van der Waals surface area contributed by atoms with Gasteiger partial charge >= 0.3 is 5.97 Å². The quantitative estimate of drug-likeness (QED) is 0.920. The number of rotatable bonds is 5. The first-order valence-corrected chi connectivity index (χ1v) is 7.39. The third-order valence-electron chi connectivity index (χ3n) is 4.10. The molecule has 0 fully saturated rings. The zero-order valence-corrected chi connectivity index (χ0v) is 13.2. The van der Waals surface area contributed by atoms with Crippen LogP contribution >= 0.6 is 0 Å². The normalized spacial score (nSPS) is 13.7. The van der Waals surface area contributed by atoms with E-state index in [-0.39, 0.29) is 0 Å². The monoisotopic (exact) mass is 313 g/mol. The van der Waals surface area contributed by atoms with Gasteiger partial charge in [-0.2, -0.15) is 0 Å². The molecule has 3 rings (SSSR count). The first-order valence-electron chi connectivity index (χ1n) is 7.39. The first-order chi connectivity index (χ1) is 11.1. The largest absolute Gasteiger partial charge is 0.497 e. The van der Waals surface area contributed by atoms with E-state index in [1.165, 1.54) is 0 Å². The first kappa shape index (κ1) is 15.4. The molecule has 0 bridgehead atoms. The summed E-state index contributed by atoms with van der Waals surface area (Å²) in [6.45, 7) is 2.09. The molecule has 5 nitrogen and oxygen atoms in total. The van der Waals surface area contributed by atoms with Crippen LogP contribution < -0.4 is 9.47 Å². The van der Waals surface area contributed by atoms with Crippen LogP contribution in [0.25, 0.3) is 0 Å². The van der Waals surface area contributed by atoms with Gasteiger partial charge in [-0.05, 0) is 34.9 Å². The van der Waals surface area contributed by atoms with Crippen molar-refractivity contribution >= 4 is 5.97 Å². The van der Waals surface area contributed by atoms with E-state index < -0.39 is 5.97 Å². The van der Waals surface area contributed by atoms with Crippen molar-refractivity contribution in [1.82, 2.24) is 4.90 Å². The number of ether oxygens (including phenoxy) is 2. The van der Waals surface area contributed by atoms with E-state index in [4.69, 9.17) is 9.47 Å². The van der Waals surface area contributed by atoms with Crippen molar-refractivity contribution in [3.05, 3.63) is 58.7 Å². The molecular weight excluding hydrogens is 294 g/mol. The molecule has 1 N–H and O–H groups in total. The molecule has 0 radical (unpaired) electrons. The number of carboxylic acids is 1. The molecule has 1 aliphatic heterocycles. The minimum absolute atomic E-state index is 0.397. The van der Waals surface area contributed by atoms with Crippen molar-refractivity contribution < 1.29 is 19.4 Å².